The van der Waals surface area contributed by atoms with Gasteiger partial charge < -0.3 is 9.47 Å². The normalized spacial score (nSPS) is 23.6. The Labute approximate surface area is 119 Å². The van der Waals surface area contributed by atoms with Gasteiger partial charge >= 0.3 is 0 Å². The Kier molecular flexibility index (Phi) is 3.73. The molecule has 20 heavy (non-hydrogen) atoms. The maximum Gasteiger partial charge on any atom is 0.168 e. The van der Waals surface area contributed by atoms with Crippen LogP contribution in [0.25, 0.3) is 0 Å². The fourth-order valence-electron chi connectivity index (χ4n) is 3.24. The van der Waals surface area contributed by atoms with Crippen LogP contribution in [-0.4, -0.2) is 24.0 Å². The van der Waals surface area contributed by atoms with E-state index < -0.39 is 0 Å². The van der Waals surface area contributed by atoms with Crippen molar-refractivity contribution in [1.82, 2.24) is 4.98 Å². The molecular weight excluding hydrogens is 252 g/mol. The minimum Gasteiger partial charge on any atom is -0.348 e. The summed E-state index contributed by atoms with van der Waals surface area (Å²) >= 11 is 0. The van der Waals surface area contributed by atoms with Gasteiger partial charge in [-0.15, -0.1) is 0 Å². The second-order valence-corrected chi connectivity index (χ2v) is 5.86. The van der Waals surface area contributed by atoms with Crippen molar-refractivity contribution in [2.24, 2.45) is 5.41 Å². The second kappa shape index (κ2) is 5.51. The first-order valence-corrected chi connectivity index (χ1v) is 7.34. The van der Waals surface area contributed by atoms with Crippen LogP contribution in [0.1, 0.15) is 37.7 Å². The van der Waals surface area contributed by atoms with Gasteiger partial charge in [-0.1, -0.05) is 6.07 Å². The molecule has 0 unspecified atom stereocenters. The molecule has 1 spiro atoms. The third kappa shape index (κ3) is 2.70. The average molecular weight is 272 g/mol. The lowest BCUT2D eigenvalue weighted by Crippen LogP contribution is -2.39. The van der Waals surface area contributed by atoms with Crippen molar-refractivity contribution in [1.29, 1.82) is 5.26 Å². The zero-order valence-corrected chi connectivity index (χ0v) is 11.7. The van der Waals surface area contributed by atoms with Gasteiger partial charge in [-0.3, -0.25) is 4.98 Å². The number of aromatic nitrogens is 1. The molecule has 0 bridgehead atoms. The van der Waals surface area contributed by atoms with Crippen LogP contribution < -0.4 is 0 Å². The zero-order chi connectivity index (χ0) is 13.9. The highest BCUT2D eigenvalue weighted by atomic mass is 16.7. The molecule has 0 N–H and O–H groups in total. The Morgan fingerprint density at radius 3 is 2.55 bits per heavy atom. The van der Waals surface area contributed by atoms with Crippen LogP contribution >= 0.6 is 0 Å². The summed E-state index contributed by atoms with van der Waals surface area (Å²) in [6.45, 7) is 1.38. The van der Waals surface area contributed by atoms with Crippen LogP contribution in [0.2, 0.25) is 0 Å². The third-order valence-corrected chi connectivity index (χ3v) is 4.63. The van der Waals surface area contributed by atoms with Gasteiger partial charge in [0.2, 0.25) is 0 Å². The molecule has 3 rings (SSSR count). The molecule has 1 saturated carbocycles. The Bertz CT molecular complexity index is 479. The van der Waals surface area contributed by atoms with Crippen LogP contribution in [-0.2, 0) is 15.9 Å². The number of nitrogens with zero attached hydrogens (tertiary/aromatic N) is 2. The van der Waals surface area contributed by atoms with Crippen molar-refractivity contribution in [3.63, 3.8) is 0 Å². The van der Waals surface area contributed by atoms with Crippen molar-refractivity contribution in [2.45, 2.75) is 44.3 Å². The summed E-state index contributed by atoms with van der Waals surface area (Å²) in [5.41, 5.74) is 0.979. The minimum atomic E-state index is -0.380. The molecule has 4 heteroatoms. The first-order chi connectivity index (χ1) is 9.76. The largest absolute Gasteiger partial charge is 0.348 e. The van der Waals surface area contributed by atoms with Crippen LogP contribution in [0.15, 0.2) is 24.5 Å². The maximum atomic E-state index is 9.60. The first kappa shape index (κ1) is 13.5. The number of pyridine rings is 1. The minimum absolute atomic E-state index is 0.226. The van der Waals surface area contributed by atoms with E-state index in [2.05, 4.69) is 17.1 Å². The molecule has 1 aromatic rings. The van der Waals surface area contributed by atoms with E-state index in [0.717, 1.165) is 38.5 Å². The summed E-state index contributed by atoms with van der Waals surface area (Å²) in [5.74, 6) is -0.380. The summed E-state index contributed by atoms with van der Waals surface area (Å²) in [6, 6.07) is 6.59. The van der Waals surface area contributed by atoms with Gasteiger partial charge in [0.25, 0.3) is 0 Å². The molecule has 0 amide bonds. The van der Waals surface area contributed by atoms with E-state index in [-0.39, 0.29) is 11.2 Å². The number of hydrogen-bond acceptors (Lipinski definition) is 4. The number of nitriles is 1. The molecule has 1 aliphatic heterocycles. The molecule has 2 aliphatic rings. The van der Waals surface area contributed by atoms with Gasteiger partial charge in [0, 0.05) is 25.2 Å². The quantitative estimate of drug-likeness (QED) is 0.849. The molecule has 0 atom stereocenters. The maximum absolute atomic E-state index is 9.60. The van der Waals surface area contributed by atoms with Crippen LogP contribution in [0.5, 0.6) is 0 Å². The predicted molar refractivity (Wildman–Crippen MR) is 73.7 cm³/mol. The number of rotatable bonds is 3. The van der Waals surface area contributed by atoms with E-state index in [1.54, 1.807) is 6.20 Å². The Morgan fingerprint density at radius 1 is 1.20 bits per heavy atom. The highest BCUT2D eigenvalue weighted by Gasteiger charge is 2.46. The van der Waals surface area contributed by atoms with Gasteiger partial charge in [-0.25, -0.2) is 0 Å². The molecule has 0 radical (unpaired) electrons. The summed E-state index contributed by atoms with van der Waals surface area (Å²) in [7, 11) is 0. The van der Waals surface area contributed by atoms with Gasteiger partial charge in [-0.05, 0) is 37.3 Å². The standard InChI is InChI=1S/C16H20N2O2/c17-13-15(4-3-14-2-1-9-18-12-14)5-7-16(8-6-15)19-10-11-20-16/h1-2,9,12H,3-8,10-11H2. The van der Waals surface area contributed by atoms with Crippen LogP contribution in [0.4, 0.5) is 0 Å². The molecule has 0 aromatic carbocycles. The fourth-order valence-corrected chi connectivity index (χ4v) is 3.24. The summed E-state index contributed by atoms with van der Waals surface area (Å²) in [6.07, 6.45) is 8.89. The lowest BCUT2D eigenvalue weighted by molar-refractivity contribution is -0.187. The average Bonchev–Trinajstić information content (AvgIpc) is 2.97. The monoisotopic (exact) mass is 272 g/mol. The van der Waals surface area contributed by atoms with E-state index >= 15 is 0 Å². The summed E-state index contributed by atoms with van der Waals surface area (Å²) in [4.78, 5) is 4.13. The van der Waals surface area contributed by atoms with Crippen LogP contribution in [0.3, 0.4) is 0 Å². The smallest absolute Gasteiger partial charge is 0.168 e. The Morgan fingerprint density at radius 2 is 1.95 bits per heavy atom. The highest BCUT2D eigenvalue weighted by molar-refractivity contribution is 5.12. The van der Waals surface area contributed by atoms with Crippen molar-refractivity contribution >= 4 is 0 Å². The first-order valence-electron chi connectivity index (χ1n) is 7.34. The van der Waals surface area contributed by atoms with Crippen LogP contribution in [0, 0.1) is 16.7 Å². The summed E-state index contributed by atoms with van der Waals surface area (Å²) in [5, 5.41) is 9.60. The third-order valence-electron chi connectivity index (χ3n) is 4.63. The SMILES string of the molecule is N#CC1(CCc2cccnc2)CCC2(CC1)OCCO2. The number of aryl methyl sites for hydroxylation is 1. The van der Waals surface area contributed by atoms with Crippen molar-refractivity contribution in [2.75, 3.05) is 13.2 Å². The highest BCUT2D eigenvalue weighted by Crippen LogP contribution is 2.46. The van der Waals surface area contributed by atoms with E-state index in [9.17, 15) is 5.26 Å². The predicted octanol–water partition coefficient (Wildman–Crippen LogP) is 2.84. The molecule has 1 saturated heterocycles. The van der Waals surface area contributed by atoms with E-state index in [1.807, 2.05) is 12.3 Å². The zero-order valence-electron chi connectivity index (χ0n) is 11.7. The van der Waals surface area contributed by atoms with Gasteiger partial charge in [0.1, 0.15) is 0 Å². The molecular formula is C16H20N2O2. The van der Waals surface area contributed by atoms with E-state index in [4.69, 9.17) is 9.47 Å². The molecule has 1 aliphatic carbocycles. The molecule has 2 heterocycles. The lowest BCUT2D eigenvalue weighted by atomic mass is 9.70. The lowest BCUT2D eigenvalue weighted by Gasteiger charge is -2.39. The van der Waals surface area contributed by atoms with Crippen molar-refractivity contribution in [3.8, 4) is 6.07 Å². The Balaban J connectivity index is 1.61. The van der Waals surface area contributed by atoms with Crippen molar-refractivity contribution < 1.29 is 9.47 Å². The Hall–Kier alpha value is -1.44. The summed E-state index contributed by atoms with van der Waals surface area (Å²) < 4.78 is 11.5. The van der Waals surface area contributed by atoms with E-state index in [0.29, 0.717) is 13.2 Å². The second-order valence-electron chi connectivity index (χ2n) is 5.86. The van der Waals surface area contributed by atoms with Gasteiger partial charge in [0.15, 0.2) is 5.79 Å². The van der Waals surface area contributed by atoms with E-state index in [1.165, 1.54) is 5.56 Å². The fraction of sp³-hybridized carbons (Fsp3) is 0.625. The van der Waals surface area contributed by atoms with Gasteiger partial charge in [0.05, 0.1) is 24.7 Å². The number of ether oxygens (including phenoxy) is 2. The van der Waals surface area contributed by atoms with Crippen molar-refractivity contribution in [3.05, 3.63) is 30.1 Å². The topological polar surface area (TPSA) is 55.1 Å². The number of hydrogen-bond donors (Lipinski definition) is 0. The molecule has 2 fully saturated rings. The van der Waals surface area contributed by atoms with Gasteiger partial charge in [-0.2, -0.15) is 5.26 Å². The molecule has 4 nitrogen and oxygen atoms in total. The molecule has 106 valence electrons. The molecule has 1 aromatic heterocycles.